The number of hydrogen-bond donors (Lipinski definition) is 1. The van der Waals surface area contributed by atoms with Gasteiger partial charge in [0.2, 0.25) is 0 Å². The summed E-state index contributed by atoms with van der Waals surface area (Å²) in [7, 11) is 0. The first-order valence-corrected chi connectivity index (χ1v) is 9.09. The Morgan fingerprint density at radius 2 is 1.28 bits per heavy atom. The minimum atomic E-state index is 0.180. The molecular weight excluding hydrogens is 302 g/mol. The molecule has 3 aromatic rings. The summed E-state index contributed by atoms with van der Waals surface area (Å²) in [6.07, 6.45) is 1.16. The molecule has 0 aliphatic rings. The number of benzene rings is 3. The van der Waals surface area contributed by atoms with Gasteiger partial charge in [-0.25, -0.2) is 0 Å². The monoisotopic (exact) mass is 331 g/mol. The van der Waals surface area contributed by atoms with E-state index >= 15 is 0 Å². The average molecular weight is 332 g/mol. The topological polar surface area (TPSA) is 12.0 Å². The Labute approximate surface area is 152 Å². The smallest absolute Gasteiger partial charge is 0.0390 e. The van der Waals surface area contributed by atoms with E-state index in [9.17, 15) is 0 Å². The maximum Gasteiger partial charge on any atom is 0.0390 e. The molecule has 0 fully saturated rings. The minimum Gasteiger partial charge on any atom is -0.356 e. The molecule has 0 bridgehead atoms. The lowest BCUT2D eigenvalue weighted by molar-refractivity contribution is 0.284. The van der Waals surface area contributed by atoms with E-state index in [4.69, 9.17) is 0 Å². The molecule has 0 heterocycles. The number of anilines is 2. The van der Waals surface area contributed by atoms with Crippen LogP contribution in [-0.2, 0) is 5.41 Å². The van der Waals surface area contributed by atoms with Crippen LogP contribution in [0.3, 0.4) is 0 Å². The summed E-state index contributed by atoms with van der Waals surface area (Å²) in [6.45, 7) is 11.6. The average Bonchev–Trinajstić information content (AvgIpc) is 2.53. The Balaban J connectivity index is 1.77. The first kappa shape index (κ1) is 17.5. The summed E-state index contributed by atoms with van der Waals surface area (Å²) < 4.78 is 0. The molecule has 0 saturated carbocycles. The third-order valence-electron chi connectivity index (χ3n) is 4.68. The summed E-state index contributed by atoms with van der Waals surface area (Å²) in [5, 5.41) is 6.05. The van der Waals surface area contributed by atoms with Crippen LogP contribution in [0.1, 0.15) is 46.6 Å². The van der Waals surface area contributed by atoms with Crippen molar-refractivity contribution < 1.29 is 0 Å². The quantitative estimate of drug-likeness (QED) is 0.529. The summed E-state index contributed by atoms with van der Waals surface area (Å²) in [4.78, 5) is 0. The van der Waals surface area contributed by atoms with Crippen molar-refractivity contribution in [1.82, 2.24) is 0 Å². The lowest BCUT2D eigenvalue weighted by Crippen LogP contribution is -2.24. The maximum absolute atomic E-state index is 3.52. The summed E-state index contributed by atoms with van der Waals surface area (Å²) >= 11 is 0. The van der Waals surface area contributed by atoms with Crippen LogP contribution < -0.4 is 5.32 Å². The Morgan fingerprint density at radius 3 is 1.92 bits per heavy atom. The zero-order chi connectivity index (χ0) is 18.1. The van der Waals surface area contributed by atoms with Gasteiger partial charge in [0.05, 0.1) is 0 Å². The largest absolute Gasteiger partial charge is 0.356 e. The molecular formula is C24H29N. The highest BCUT2D eigenvalue weighted by molar-refractivity contribution is 5.86. The molecule has 3 aromatic carbocycles. The van der Waals surface area contributed by atoms with Gasteiger partial charge in [0.1, 0.15) is 0 Å². The SMILES string of the molecule is CC(C)(C)CC(C)(C)c1ccc(Nc2ccc3ccccc3c2)cc1. The number of nitrogens with one attached hydrogen (secondary N) is 1. The van der Waals surface area contributed by atoms with Crippen molar-refractivity contribution in [1.29, 1.82) is 0 Å². The van der Waals surface area contributed by atoms with Crippen molar-refractivity contribution in [3.05, 3.63) is 72.3 Å². The summed E-state index contributed by atoms with van der Waals surface area (Å²) in [6, 6.07) is 23.9. The van der Waals surface area contributed by atoms with Crippen LogP contribution in [0.25, 0.3) is 10.8 Å². The lowest BCUT2D eigenvalue weighted by Gasteiger charge is -2.33. The van der Waals surface area contributed by atoms with Crippen molar-refractivity contribution >= 4 is 22.1 Å². The second-order valence-corrected chi connectivity index (χ2v) is 8.89. The highest BCUT2D eigenvalue weighted by Gasteiger charge is 2.27. The van der Waals surface area contributed by atoms with E-state index < -0.39 is 0 Å². The van der Waals surface area contributed by atoms with Crippen molar-refractivity contribution in [3.8, 4) is 0 Å². The third kappa shape index (κ3) is 4.42. The fraction of sp³-hybridized carbons (Fsp3) is 0.333. The van der Waals surface area contributed by atoms with E-state index in [-0.39, 0.29) is 5.41 Å². The van der Waals surface area contributed by atoms with Gasteiger partial charge >= 0.3 is 0 Å². The van der Waals surface area contributed by atoms with Crippen molar-refractivity contribution in [2.45, 2.75) is 46.5 Å². The van der Waals surface area contributed by atoms with Crippen LogP contribution >= 0.6 is 0 Å². The molecule has 0 spiro atoms. The van der Waals surface area contributed by atoms with Gasteiger partial charge in [-0.3, -0.25) is 0 Å². The Hall–Kier alpha value is -2.28. The lowest BCUT2D eigenvalue weighted by atomic mass is 9.72. The Bertz CT molecular complexity index is 851. The van der Waals surface area contributed by atoms with Gasteiger partial charge in [-0.1, -0.05) is 77.1 Å². The molecule has 0 aliphatic carbocycles. The fourth-order valence-electron chi connectivity index (χ4n) is 3.87. The van der Waals surface area contributed by atoms with Crippen molar-refractivity contribution in [2.75, 3.05) is 5.32 Å². The molecule has 0 unspecified atom stereocenters. The first-order valence-electron chi connectivity index (χ1n) is 9.09. The minimum absolute atomic E-state index is 0.180. The predicted octanol–water partition coefficient (Wildman–Crippen LogP) is 7.30. The Morgan fingerprint density at radius 1 is 0.680 bits per heavy atom. The van der Waals surface area contributed by atoms with Crippen molar-refractivity contribution in [3.63, 3.8) is 0 Å². The predicted molar refractivity (Wildman–Crippen MR) is 111 cm³/mol. The zero-order valence-corrected chi connectivity index (χ0v) is 16.1. The van der Waals surface area contributed by atoms with Gasteiger partial charge in [-0.05, 0) is 57.9 Å². The van der Waals surface area contributed by atoms with Crippen LogP contribution in [0.15, 0.2) is 66.7 Å². The van der Waals surface area contributed by atoms with Gasteiger partial charge in [0.15, 0.2) is 0 Å². The van der Waals surface area contributed by atoms with Gasteiger partial charge < -0.3 is 5.32 Å². The van der Waals surface area contributed by atoms with E-state index in [1.807, 2.05) is 0 Å². The molecule has 130 valence electrons. The molecule has 0 aromatic heterocycles. The second kappa shape index (κ2) is 6.55. The fourth-order valence-corrected chi connectivity index (χ4v) is 3.87. The molecule has 0 atom stereocenters. The van der Waals surface area contributed by atoms with Gasteiger partial charge in [0, 0.05) is 11.4 Å². The molecule has 0 amide bonds. The normalized spacial score (nSPS) is 12.4. The van der Waals surface area contributed by atoms with Crippen LogP contribution in [0.5, 0.6) is 0 Å². The van der Waals surface area contributed by atoms with E-state index in [0.717, 1.165) is 17.8 Å². The number of hydrogen-bond acceptors (Lipinski definition) is 1. The number of rotatable bonds is 4. The molecule has 1 N–H and O–H groups in total. The van der Waals surface area contributed by atoms with E-state index in [2.05, 4.69) is 107 Å². The maximum atomic E-state index is 3.52. The van der Waals surface area contributed by atoms with Crippen molar-refractivity contribution in [2.24, 2.45) is 5.41 Å². The van der Waals surface area contributed by atoms with Crippen LogP contribution in [0, 0.1) is 5.41 Å². The van der Waals surface area contributed by atoms with Crippen LogP contribution in [0.4, 0.5) is 11.4 Å². The molecule has 1 nitrogen and oxygen atoms in total. The second-order valence-electron chi connectivity index (χ2n) is 8.89. The van der Waals surface area contributed by atoms with Crippen LogP contribution in [-0.4, -0.2) is 0 Å². The van der Waals surface area contributed by atoms with Crippen LogP contribution in [0.2, 0.25) is 0 Å². The van der Waals surface area contributed by atoms with E-state index in [1.165, 1.54) is 16.3 Å². The highest BCUT2D eigenvalue weighted by atomic mass is 14.9. The summed E-state index contributed by atoms with van der Waals surface area (Å²) in [5.41, 5.74) is 4.16. The molecule has 3 rings (SSSR count). The van der Waals surface area contributed by atoms with Gasteiger partial charge in [-0.15, -0.1) is 0 Å². The zero-order valence-electron chi connectivity index (χ0n) is 16.1. The third-order valence-corrected chi connectivity index (χ3v) is 4.68. The number of fused-ring (bicyclic) bond motifs is 1. The molecule has 0 radical (unpaired) electrons. The standard InChI is InChI=1S/C24H29N/c1-23(2,3)17-24(4,5)20-11-14-21(15-12-20)25-22-13-10-18-8-6-7-9-19(18)16-22/h6-16,25H,17H2,1-5H3. The van der Waals surface area contributed by atoms with E-state index in [0.29, 0.717) is 5.41 Å². The van der Waals surface area contributed by atoms with E-state index in [1.54, 1.807) is 0 Å². The molecule has 0 aliphatic heterocycles. The first-order chi connectivity index (χ1) is 11.7. The van der Waals surface area contributed by atoms with Gasteiger partial charge in [-0.2, -0.15) is 0 Å². The van der Waals surface area contributed by atoms with Gasteiger partial charge in [0.25, 0.3) is 0 Å². The Kier molecular flexibility index (Phi) is 4.60. The summed E-state index contributed by atoms with van der Waals surface area (Å²) in [5.74, 6) is 0. The highest BCUT2D eigenvalue weighted by Crippen LogP contribution is 2.36. The molecule has 0 saturated heterocycles. The molecule has 1 heteroatoms. The molecule has 25 heavy (non-hydrogen) atoms.